The number of hydrogen-bond donors (Lipinski definition) is 1. The molecular formula is C25H31ClF5N3O3S. The monoisotopic (exact) mass is 583 g/mol. The van der Waals surface area contributed by atoms with Gasteiger partial charge in [0.05, 0.1) is 11.3 Å². The molecule has 1 aromatic carbocycles. The molecule has 4 aliphatic rings. The number of halogens is 6. The van der Waals surface area contributed by atoms with E-state index in [2.05, 4.69) is 10.3 Å². The molecule has 3 fully saturated rings. The predicted molar refractivity (Wildman–Crippen MR) is 134 cm³/mol. The highest BCUT2D eigenvalue weighted by atomic mass is 35.5. The molecule has 0 amide bonds. The van der Waals surface area contributed by atoms with Gasteiger partial charge in [0.25, 0.3) is 0 Å². The summed E-state index contributed by atoms with van der Waals surface area (Å²) in [5, 5.41) is 3.75. The van der Waals surface area contributed by atoms with Crippen LogP contribution in [0.2, 0.25) is 5.02 Å². The Labute approximate surface area is 224 Å². The van der Waals surface area contributed by atoms with Crippen LogP contribution in [0.5, 0.6) is 0 Å². The first-order chi connectivity index (χ1) is 17.5. The Balaban J connectivity index is 1.49. The molecule has 38 heavy (non-hydrogen) atoms. The Bertz CT molecular complexity index is 1180. The summed E-state index contributed by atoms with van der Waals surface area (Å²) in [5.74, 6) is -0.481. The SMILES string of the molecule is CC1(C)NC(C23CC(N(Cc4ccc(Cl)cc4)S(=O)(=O)CCC(F)F)(C2)C3)=N[C@H]1C(=O)CCCC(F)(F)F. The van der Waals surface area contributed by atoms with Crippen LogP contribution in [0, 0.1) is 5.41 Å². The molecule has 3 saturated carbocycles. The van der Waals surface area contributed by atoms with Crippen molar-refractivity contribution in [2.75, 3.05) is 5.75 Å². The zero-order chi connectivity index (χ0) is 28.1. The van der Waals surface area contributed by atoms with Crippen LogP contribution < -0.4 is 5.32 Å². The van der Waals surface area contributed by atoms with Gasteiger partial charge in [-0.05, 0) is 57.2 Å². The number of nitrogens with zero attached hydrogens (tertiary/aromatic N) is 2. The van der Waals surface area contributed by atoms with Crippen LogP contribution in [0.3, 0.4) is 0 Å². The number of aliphatic imine (C=N–C) groups is 1. The number of amidine groups is 1. The molecule has 3 aliphatic carbocycles. The molecule has 13 heteroatoms. The van der Waals surface area contributed by atoms with Crippen molar-refractivity contribution >= 4 is 33.2 Å². The quantitative estimate of drug-likeness (QED) is 0.330. The van der Waals surface area contributed by atoms with Gasteiger partial charge in [-0.1, -0.05) is 23.7 Å². The fourth-order valence-electron chi connectivity index (χ4n) is 5.96. The molecule has 1 aliphatic heterocycles. The highest BCUT2D eigenvalue weighted by Crippen LogP contribution is 2.71. The van der Waals surface area contributed by atoms with Gasteiger partial charge in [-0.2, -0.15) is 17.5 Å². The summed E-state index contributed by atoms with van der Waals surface area (Å²) >= 11 is 5.95. The van der Waals surface area contributed by atoms with Gasteiger partial charge in [0.2, 0.25) is 16.4 Å². The van der Waals surface area contributed by atoms with Gasteiger partial charge in [0.1, 0.15) is 11.9 Å². The van der Waals surface area contributed by atoms with E-state index in [0.29, 0.717) is 35.7 Å². The van der Waals surface area contributed by atoms with Gasteiger partial charge in [-0.15, -0.1) is 0 Å². The topological polar surface area (TPSA) is 78.8 Å². The van der Waals surface area contributed by atoms with Gasteiger partial charge < -0.3 is 5.32 Å². The van der Waals surface area contributed by atoms with E-state index in [4.69, 9.17) is 11.6 Å². The number of hydrogen-bond acceptors (Lipinski definition) is 5. The molecule has 1 aromatic rings. The number of rotatable bonds is 12. The van der Waals surface area contributed by atoms with Crippen molar-refractivity contribution in [1.82, 2.24) is 9.62 Å². The molecule has 0 unspecified atom stereocenters. The lowest BCUT2D eigenvalue weighted by molar-refractivity contribution is -0.151. The van der Waals surface area contributed by atoms with E-state index in [0.717, 1.165) is 0 Å². The Kier molecular flexibility index (Phi) is 7.68. The smallest absolute Gasteiger partial charge is 0.366 e. The van der Waals surface area contributed by atoms with Crippen molar-refractivity contribution in [2.24, 2.45) is 10.4 Å². The fourth-order valence-corrected chi connectivity index (χ4v) is 7.91. The van der Waals surface area contributed by atoms with E-state index >= 15 is 0 Å². The van der Waals surface area contributed by atoms with Gasteiger partial charge >= 0.3 is 6.18 Å². The zero-order valence-electron chi connectivity index (χ0n) is 21.1. The van der Waals surface area contributed by atoms with Crippen molar-refractivity contribution in [3.05, 3.63) is 34.9 Å². The van der Waals surface area contributed by atoms with Crippen molar-refractivity contribution in [3.63, 3.8) is 0 Å². The maximum Gasteiger partial charge on any atom is 0.389 e. The average molecular weight is 584 g/mol. The lowest BCUT2D eigenvalue weighted by atomic mass is 9.38. The maximum absolute atomic E-state index is 13.2. The zero-order valence-corrected chi connectivity index (χ0v) is 22.7. The Hall–Kier alpha value is -1.79. The van der Waals surface area contributed by atoms with E-state index in [9.17, 15) is 35.2 Å². The minimum absolute atomic E-state index is 0.0184. The number of benzene rings is 1. The van der Waals surface area contributed by atoms with Crippen LogP contribution in [0.15, 0.2) is 29.3 Å². The van der Waals surface area contributed by atoms with E-state index in [1.54, 1.807) is 38.1 Å². The number of carbonyl (C=O) groups is 1. The van der Waals surface area contributed by atoms with Gasteiger partial charge in [0, 0.05) is 41.8 Å². The number of Topliss-reactive ketones (excluding diaryl/α,β-unsaturated/α-hetero) is 1. The van der Waals surface area contributed by atoms with Crippen molar-refractivity contribution in [2.45, 2.75) is 95.1 Å². The molecule has 0 radical (unpaired) electrons. The van der Waals surface area contributed by atoms with Crippen LogP contribution in [0.1, 0.15) is 64.4 Å². The largest absolute Gasteiger partial charge is 0.389 e. The highest BCUT2D eigenvalue weighted by molar-refractivity contribution is 7.89. The van der Waals surface area contributed by atoms with E-state index in [1.165, 1.54) is 4.31 Å². The minimum Gasteiger partial charge on any atom is -0.366 e. The first-order valence-corrected chi connectivity index (χ1v) is 14.4. The first kappa shape index (κ1) is 29.2. The van der Waals surface area contributed by atoms with Crippen molar-refractivity contribution in [1.29, 1.82) is 0 Å². The Morgan fingerprint density at radius 3 is 2.34 bits per heavy atom. The number of alkyl halides is 5. The lowest BCUT2D eigenvalue weighted by Gasteiger charge is -2.73. The molecule has 5 rings (SSSR count). The molecule has 212 valence electrons. The van der Waals surface area contributed by atoms with Crippen LogP contribution in [0.4, 0.5) is 22.0 Å². The average Bonchev–Trinajstić information content (AvgIpc) is 3.05. The van der Waals surface area contributed by atoms with Crippen LogP contribution >= 0.6 is 11.6 Å². The predicted octanol–water partition coefficient (Wildman–Crippen LogP) is 5.50. The summed E-state index contributed by atoms with van der Waals surface area (Å²) in [5.41, 5.74) is -1.34. The van der Waals surface area contributed by atoms with Crippen LogP contribution in [-0.2, 0) is 21.4 Å². The number of sulfonamides is 1. The third kappa shape index (κ3) is 5.86. The molecular weight excluding hydrogens is 553 g/mol. The normalized spacial score (nSPS) is 28.1. The summed E-state index contributed by atoms with van der Waals surface area (Å²) in [4.78, 5) is 17.3. The standard InChI is InChI=1S/C25H31ClF5N3O3S/c1-22(2)20(18(35)4-3-10-25(29,30)31)32-21(33-22)23-13-24(14-23,15-23)34(38(36,37)11-9-19(27)28)12-16-5-7-17(26)8-6-16/h5-8,19-20H,3-4,9-15H2,1-2H3,(H,32,33)/t20-,23?,24?/m0/s1. The van der Waals surface area contributed by atoms with Crippen molar-refractivity contribution < 1.29 is 35.2 Å². The molecule has 0 aromatic heterocycles. The molecule has 1 N–H and O–H groups in total. The lowest BCUT2D eigenvalue weighted by Crippen LogP contribution is -2.78. The second-order valence-corrected chi connectivity index (χ2v) is 13.8. The molecule has 0 spiro atoms. The van der Waals surface area contributed by atoms with E-state index < -0.39 is 63.8 Å². The summed E-state index contributed by atoms with van der Waals surface area (Å²) in [6.07, 6.45) is -8.16. The minimum atomic E-state index is -4.33. The molecule has 6 nitrogen and oxygen atoms in total. The van der Waals surface area contributed by atoms with Crippen molar-refractivity contribution in [3.8, 4) is 0 Å². The third-order valence-corrected chi connectivity index (χ3v) is 9.97. The number of nitrogens with one attached hydrogen (secondary N) is 1. The summed E-state index contributed by atoms with van der Waals surface area (Å²) in [6.45, 7) is 3.54. The first-order valence-electron chi connectivity index (χ1n) is 12.5. The summed E-state index contributed by atoms with van der Waals surface area (Å²) in [7, 11) is -4.01. The van der Waals surface area contributed by atoms with Gasteiger partial charge in [-0.25, -0.2) is 17.2 Å². The Morgan fingerprint density at radius 2 is 1.79 bits per heavy atom. The van der Waals surface area contributed by atoms with Crippen LogP contribution in [0.25, 0.3) is 0 Å². The second kappa shape index (κ2) is 9.99. The van der Waals surface area contributed by atoms with E-state index in [1.807, 2.05) is 0 Å². The summed E-state index contributed by atoms with van der Waals surface area (Å²) < 4.78 is 91.0. The second-order valence-electron chi connectivity index (χ2n) is 11.3. The molecule has 2 bridgehead atoms. The molecule has 0 saturated heterocycles. The Morgan fingerprint density at radius 1 is 1.18 bits per heavy atom. The fraction of sp³-hybridized carbons (Fsp3) is 0.680. The van der Waals surface area contributed by atoms with Gasteiger partial charge in [0.15, 0.2) is 5.78 Å². The van der Waals surface area contributed by atoms with Gasteiger partial charge in [-0.3, -0.25) is 9.79 Å². The van der Waals surface area contributed by atoms with E-state index in [-0.39, 0.29) is 25.2 Å². The maximum atomic E-state index is 13.2. The molecule has 1 heterocycles. The van der Waals surface area contributed by atoms with Crippen LogP contribution in [-0.4, -0.2) is 59.8 Å². The number of ketones is 1. The number of carbonyl (C=O) groups excluding carboxylic acids is 1. The highest BCUT2D eigenvalue weighted by Gasteiger charge is 2.75. The third-order valence-electron chi connectivity index (χ3n) is 7.77. The summed E-state index contributed by atoms with van der Waals surface area (Å²) in [6, 6.07) is 5.82. The molecule has 1 atom stereocenters.